The minimum Gasteiger partial charge on any atom is -0.309 e. The van der Waals surface area contributed by atoms with Crippen LogP contribution >= 0.6 is 0 Å². The van der Waals surface area contributed by atoms with Crippen LogP contribution in [0, 0.1) is 13.8 Å². The van der Waals surface area contributed by atoms with Crippen molar-refractivity contribution in [2.75, 3.05) is 0 Å². The summed E-state index contributed by atoms with van der Waals surface area (Å²) in [5.41, 5.74) is 6.41. The molecule has 1 heterocycles. The van der Waals surface area contributed by atoms with Crippen LogP contribution in [0.5, 0.6) is 0 Å². The number of aromatic nitrogens is 1. The Kier molecular flexibility index (Phi) is 2.61. The van der Waals surface area contributed by atoms with E-state index in [9.17, 15) is 0 Å². The number of fused-ring (bicyclic) bond motifs is 3. The molecule has 21 heavy (non-hydrogen) atoms. The maximum atomic E-state index is 2.37. The largest absolute Gasteiger partial charge is 0.309 e. The van der Waals surface area contributed by atoms with Crippen LogP contribution in [0.4, 0.5) is 0 Å². The van der Waals surface area contributed by atoms with Crippen LogP contribution in [0.3, 0.4) is 0 Å². The zero-order chi connectivity index (χ0) is 14.4. The first-order valence-corrected chi connectivity index (χ1v) is 7.31. The molecule has 1 nitrogen and oxygen atoms in total. The fourth-order valence-electron chi connectivity index (χ4n) is 3.24. The number of hydrogen-bond donors (Lipinski definition) is 0. The maximum absolute atomic E-state index is 2.37. The number of para-hydroxylation sites is 2. The second kappa shape index (κ2) is 4.49. The third-order valence-corrected chi connectivity index (χ3v) is 4.17. The Balaban J connectivity index is 2.20. The minimum atomic E-state index is 1.26. The lowest BCUT2D eigenvalue weighted by atomic mass is 10.1. The second-order valence-corrected chi connectivity index (χ2v) is 5.66. The Morgan fingerprint density at radius 2 is 1.24 bits per heavy atom. The highest BCUT2D eigenvalue weighted by molar-refractivity contribution is 6.09. The summed E-state index contributed by atoms with van der Waals surface area (Å²) in [6.45, 7) is 4.33. The Morgan fingerprint density at radius 3 is 1.81 bits per heavy atom. The van der Waals surface area contributed by atoms with Gasteiger partial charge in [0.25, 0.3) is 0 Å². The fourth-order valence-corrected chi connectivity index (χ4v) is 3.24. The molecule has 1 heteroatoms. The molecule has 0 unspecified atom stereocenters. The number of nitrogens with zero attached hydrogens (tertiary/aromatic N) is 1. The lowest BCUT2D eigenvalue weighted by molar-refractivity contribution is 1.14. The Hall–Kier alpha value is -2.54. The highest BCUT2D eigenvalue weighted by atomic mass is 15.0. The first-order valence-electron chi connectivity index (χ1n) is 7.31. The van der Waals surface area contributed by atoms with Gasteiger partial charge in [-0.3, -0.25) is 0 Å². The molecule has 4 aromatic rings. The van der Waals surface area contributed by atoms with Gasteiger partial charge in [-0.15, -0.1) is 0 Å². The zero-order valence-electron chi connectivity index (χ0n) is 12.3. The molecule has 0 atom stereocenters. The molecule has 1 aromatic heterocycles. The van der Waals surface area contributed by atoms with E-state index in [1.54, 1.807) is 0 Å². The van der Waals surface area contributed by atoms with Gasteiger partial charge >= 0.3 is 0 Å². The van der Waals surface area contributed by atoms with Crippen molar-refractivity contribution in [2.45, 2.75) is 13.8 Å². The summed E-state index contributed by atoms with van der Waals surface area (Å²) in [5, 5.41) is 2.63. The SMILES string of the molecule is Cc1ccc(-n2c3ccccc3c3ccccc32)c(C)c1. The second-order valence-electron chi connectivity index (χ2n) is 5.66. The van der Waals surface area contributed by atoms with E-state index in [1.165, 1.54) is 38.6 Å². The quantitative estimate of drug-likeness (QED) is 0.437. The molecule has 0 aliphatic carbocycles. The van der Waals surface area contributed by atoms with Crippen molar-refractivity contribution in [3.63, 3.8) is 0 Å². The van der Waals surface area contributed by atoms with Gasteiger partial charge < -0.3 is 4.57 Å². The molecule has 0 spiro atoms. The van der Waals surface area contributed by atoms with Crippen LogP contribution in [0.15, 0.2) is 66.7 Å². The van der Waals surface area contributed by atoms with Crippen molar-refractivity contribution >= 4 is 21.8 Å². The molecule has 0 saturated heterocycles. The van der Waals surface area contributed by atoms with Crippen molar-refractivity contribution in [3.8, 4) is 5.69 Å². The van der Waals surface area contributed by atoms with Crippen LogP contribution in [-0.2, 0) is 0 Å². The monoisotopic (exact) mass is 271 g/mol. The van der Waals surface area contributed by atoms with Gasteiger partial charge in [-0.25, -0.2) is 0 Å². The third kappa shape index (κ3) is 1.78. The third-order valence-electron chi connectivity index (χ3n) is 4.17. The lowest BCUT2D eigenvalue weighted by Gasteiger charge is -2.11. The average Bonchev–Trinajstić information content (AvgIpc) is 2.82. The molecule has 0 bridgehead atoms. The number of hydrogen-bond acceptors (Lipinski definition) is 0. The van der Waals surface area contributed by atoms with E-state index in [0.29, 0.717) is 0 Å². The summed E-state index contributed by atoms with van der Waals surface area (Å²) in [5.74, 6) is 0. The van der Waals surface area contributed by atoms with Gasteiger partial charge in [-0.05, 0) is 37.6 Å². The van der Waals surface area contributed by atoms with Crippen LogP contribution < -0.4 is 0 Å². The lowest BCUT2D eigenvalue weighted by Crippen LogP contribution is -1.97. The average molecular weight is 271 g/mol. The summed E-state index contributed by atoms with van der Waals surface area (Å²) in [6.07, 6.45) is 0. The van der Waals surface area contributed by atoms with Gasteiger partial charge in [0.2, 0.25) is 0 Å². The first-order chi connectivity index (χ1) is 10.3. The van der Waals surface area contributed by atoms with Crippen molar-refractivity contribution in [1.29, 1.82) is 0 Å². The van der Waals surface area contributed by atoms with Gasteiger partial charge in [0.05, 0.1) is 11.0 Å². The van der Waals surface area contributed by atoms with Gasteiger partial charge in [-0.2, -0.15) is 0 Å². The predicted molar refractivity (Wildman–Crippen MR) is 90.3 cm³/mol. The molecule has 0 fully saturated rings. The van der Waals surface area contributed by atoms with E-state index < -0.39 is 0 Å². The van der Waals surface area contributed by atoms with E-state index >= 15 is 0 Å². The van der Waals surface area contributed by atoms with E-state index in [-0.39, 0.29) is 0 Å². The normalized spacial score (nSPS) is 11.3. The molecule has 0 N–H and O–H groups in total. The molecular weight excluding hydrogens is 254 g/mol. The summed E-state index contributed by atoms with van der Waals surface area (Å²) >= 11 is 0. The molecule has 0 aliphatic rings. The molecule has 3 aromatic carbocycles. The van der Waals surface area contributed by atoms with Crippen molar-refractivity contribution < 1.29 is 0 Å². The summed E-state index contributed by atoms with van der Waals surface area (Å²) in [7, 11) is 0. The Bertz CT molecular complexity index is 907. The minimum absolute atomic E-state index is 1.26. The van der Waals surface area contributed by atoms with Crippen molar-refractivity contribution in [3.05, 3.63) is 77.9 Å². The fraction of sp³-hybridized carbons (Fsp3) is 0.100. The number of aryl methyl sites for hydroxylation is 2. The topological polar surface area (TPSA) is 4.93 Å². The van der Waals surface area contributed by atoms with Gasteiger partial charge in [0, 0.05) is 16.5 Å². The predicted octanol–water partition coefficient (Wildman–Crippen LogP) is 5.40. The number of rotatable bonds is 1. The Labute approximate surface area is 124 Å². The first kappa shape index (κ1) is 12.2. The van der Waals surface area contributed by atoms with E-state index in [1.807, 2.05) is 0 Å². The maximum Gasteiger partial charge on any atom is 0.0541 e. The van der Waals surface area contributed by atoms with Crippen LogP contribution in [0.1, 0.15) is 11.1 Å². The van der Waals surface area contributed by atoms with E-state index in [4.69, 9.17) is 0 Å². The summed E-state index contributed by atoms with van der Waals surface area (Å²) < 4.78 is 2.37. The van der Waals surface area contributed by atoms with Gasteiger partial charge in [0.1, 0.15) is 0 Å². The molecule has 102 valence electrons. The highest BCUT2D eigenvalue weighted by Gasteiger charge is 2.12. The van der Waals surface area contributed by atoms with Crippen LogP contribution in [0.25, 0.3) is 27.5 Å². The van der Waals surface area contributed by atoms with Crippen LogP contribution in [0.2, 0.25) is 0 Å². The van der Waals surface area contributed by atoms with Gasteiger partial charge in [-0.1, -0.05) is 54.1 Å². The smallest absolute Gasteiger partial charge is 0.0541 e. The van der Waals surface area contributed by atoms with Crippen molar-refractivity contribution in [2.24, 2.45) is 0 Å². The Morgan fingerprint density at radius 1 is 0.667 bits per heavy atom. The van der Waals surface area contributed by atoms with Gasteiger partial charge in [0.15, 0.2) is 0 Å². The molecule has 0 aliphatic heterocycles. The summed E-state index contributed by atoms with van der Waals surface area (Å²) in [6, 6.07) is 23.9. The molecule has 4 rings (SSSR count). The number of benzene rings is 3. The zero-order valence-corrected chi connectivity index (χ0v) is 12.3. The standard InChI is InChI=1S/C20H17N/c1-14-11-12-18(15(2)13-14)21-19-9-5-3-7-16(19)17-8-4-6-10-20(17)21/h3-13H,1-2H3. The van der Waals surface area contributed by atoms with E-state index in [2.05, 4.69) is 85.1 Å². The summed E-state index contributed by atoms with van der Waals surface area (Å²) in [4.78, 5) is 0. The molecule has 0 saturated carbocycles. The van der Waals surface area contributed by atoms with Crippen molar-refractivity contribution in [1.82, 2.24) is 4.57 Å². The van der Waals surface area contributed by atoms with Crippen LogP contribution in [-0.4, -0.2) is 4.57 Å². The highest BCUT2D eigenvalue weighted by Crippen LogP contribution is 2.32. The molecular formula is C20H17N. The molecule has 0 amide bonds. The van der Waals surface area contributed by atoms with E-state index in [0.717, 1.165) is 0 Å². The molecule has 0 radical (unpaired) electrons.